The van der Waals surface area contributed by atoms with Gasteiger partial charge < -0.3 is 9.32 Å². The van der Waals surface area contributed by atoms with Gasteiger partial charge >= 0.3 is 0 Å². The van der Waals surface area contributed by atoms with Gasteiger partial charge in [0, 0.05) is 56.2 Å². The Morgan fingerprint density at radius 1 is 1.29 bits per heavy atom. The normalized spacial score (nSPS) is 16.0. The molecule has 1 fully saturated rings. The number of amides is 1. The first-order valence-electron chi connectivity index (χ1n) is 8.05. The number of nitrogens with one attached hydrogen (secondary N) is 1. The van der Waals surface area contributed by atoms with Crippen molar-refractivity contribution in [1.82, 2.24) is 25.0 Å². The molecule has 7 nitrogen and oxygen atoms in total. The van der Waals surface area contributed by atoms with Crippen molar-refractivity contribution in [2.24, 2.45) is 0 Å². The van der Waals surface area contributed by atoms with Crippen molar-refractivity contribution in [3.8, 4) is 0 Å². The highest BCUT2D eigenvalue weighted by atomic mass is 16.3. The Morgan fingerprint density at radius 2 is 2.12 bits per heavy atom. The molecule has 7 heteroatoms. The predicted molar refractivity (Wildman–Crippen MR) is 88.5 cm³/mol. The maximum Gasteiger partial charge on any atom is 0.289 e. The molecule has 4 rings (SSSR count). The van der Waals surface area contributed by atoms with Gasteiger partial charge in [0.25, 0.3) is 5.91 Å². The molecule has 124 valence electrons. The summed E-state index contributed by atoms with van der Waals surface area (Å²) in [4.78, 5) is 21.2. The van der Waals surface area contributed by atoms with E-state index < -0.39 is 0 Å². The van der Waals surface area contributed by atoms with E-state index in [4.69, 9.17) is 4.42 Å². The van der Waals surface area contributed by atoms with Gasteiger partial charge in [-0.1, -0.05) is 0 Å². The smallest absolute Gasteiger partial charge is 0.289 e. The van der Waals surface area contributed by atoms with Crippen molar-refractivity contribution in [2.45, 2.75) is 13.5 Å². The fourth-order valence-corrected chi connectivity index (χ4v) is 3.02. The summed E-state index contributed by atoms with van der Waals surface area (Å²) in [6.07, 6.45) is 3.74. The molecule has 0 unspecified atom stereocenters. The highest BCUT2D eigenvalue weighted by molar-refractivity contribution is 5.95. The average Bonchev–Trinajstić information content (AvgIpc) is 3.24. The summed E-state index contributed by atoms with van der Waals surface area (Å²) < 4.78 is 5.67. The van der Waals surface area contributed by atoms with Crippen LogP contribution in [0.25, 0.3) is 11.1 Å². The molecule has 1 amide bonds. The molecule has 0 saturated carbocycles. The van der Waals surface area contributed by atoms with E-state index in [2.05, 4.69) is 20.1 Å². The molecule has 1 saturated heterocycles. The van der Waals surface area contributed by atoms with Gasteiger partial charge in [-0.3, -0.25) is 14.8 Å². The average molecular weight is 325 g/mol. The zero-order valence-corrected chi connectivity index (χ0v) is 13.5. The molecule has 0 aromatic carbocycles. The lowest BCUT2D eigenvalue weighted by Crippen LogP contribution is -2.48. The number of rotatable bonds is 3. The minimum atomic E-state index is -0.0615. The van der Waals surface area contributed by atoms with Gasteiger partial charge in [0.2, 0.25) is 0 Å². The maximum atomic E-state index is 12.6. The van der Waals surface area contributed by atoms with E-state index in [1.807, 2.05) is 36.4 Å². The van der Waals surface area contributed by atoms with Crippen molar-refractivity contribution in [2.75, 3.05) is 26.2 Å². The number of carbonyl (C=O) groups is 1. The topological polar surface area (TPSA) is 78.3 Å². The fraction of sp³-hybridized carbons (Fsp3) is 0.353. The van der Waals surface area contributed by atoms with Crippen LogP contribution in [0, 0.1) is 6.92 Å². The summed E-state index contributed by atoms with van der Waals surface area (Å²) in [5.74, 6) is 0.306. The lowest BCUT2D eigenvalue weighted by molar-refractivity contribution is 0.0600. The van der Waals surface area contributed by atoms with E-state index in [-0.39, 0.29) is 5.91 Å². The third kappa shape index (κ3) is 2.90. The first-order valence-corrected chi connectivity index (χ1v) is 8.05. The summed E-state index contributed by atoms with van der Waals surface area (Å²) >= 11 is 0. The molecular weight excluding hydrogens is 306 g/mol. The number of nitrogens with zero attached hydrogens (tertiary/aromatic N) is 4. The van der Waals surface area contributed by atoms with Crippen molar-refractivity contribution in [3.63, 3.8) is 0 Å². The predicted octanol–water partition coefficient (Wildman–Crippen LogP) is 1.82. The largest absolute Gasteiger partial charge is 0.449 e. The minimum absolute atomic E-state index is 0.0615. The molecule has 0 bridgehead atoms. The van der Waals surface area contributed by atoms with E-state index in [1.165, 1.54) is 0 Å². The zero-order chi connectivity index (χ0) is 16.5. The van der Waals surface area contributed by atoms with Gasteiger partial charge in [-0.05, 0) is 19.1 Å². The molecule has 24 heavy (non-hydrogen) atoms. The van der Waals surface area contributed by atoms with Crippen LogP contribution in [-0.4, -0.2) is 57.1 Å². The van der Waals surface area contributed by atoms with Crippen LogP contribution >= 0.6 is 0 Å². The summed E-state index contributed by atoms with van der Waals surface area (Å²) in [5, 5.41) is 6.79. The van der Waals surface area contributed by atoms with Crippen LogP contribution in [0.4, 0.5) is 0 Å². The third-order valence-electron chi connectivity index (χ3n) is 4.34. The van der Waals surface area contributed by atoms with Crippen LogP contribution in [0.1, 0.15) is 21.8 Å². The standard InChI is InChI=1S/C17H19N5O2/c1-12-2-3-15-14(20-12)8-16(24-15)17(23)22-6-4-21(5-7-22)11-13-9-18-19-10-13/h2-3,8-10H,4-7,11H2,1H3,(H,18,19). The molecule has 0 aliphatic carbocycles. The number of aryl methyl sites for hydroxylation is 1. The number of pyridine rings is 1. The summed E-state index contributed by atoms with van der Waals surface area (Å²) in [5.41, 5.74) is 3.46. The minimum Gasteiger partial charge on any atom is -0.449 e. The van der Waals surface area contributed by atoms with Crippen LogP contribution in [0.2, 0.25) is 0 Å². The maximum absolute atomic E-state index is 12.6. The van der Waals surface area contributed by atoms with Crippen LogP contribution in [0.15, 0.2) is 35.0 Å². The second-order valence-corrected chi connectivity index (χ2v) is 6.12. The first-order chi connectivity index (χ1) is 11.7. The highest BCUT2D eigenvalue weighted by Crippen LogP contribution is 2.20. The lowest BCUT2D eigenvalue weighted by Gasteiger charge is -2.34. The number of aromatic nitrogens is 3. The van der Waals surface area contributed by atoms with E-state index in [0.717, 1.165) is 36.4 Å². The Labute approximate surface area is 139 Å². The summed E-state index contributed by atoms with van der Waals surface area (Å²) in [6.45, 7) is 5.85. The number of H-pyrrole nitrogens is 1. The van der Waals surface area contributed by atoms with Crippen molar-refractivity contribution in [1.29, 1.82) is 0 Å². The van der Waals surface area contributed by atoms with E-state index in [1.54, 1.807) is 6.07 Å². The monoisotopic (exact) mass is 325 g/mol. The number of aromatic amines is 1. The van der Waals surface area contributed by atoms with E-state index in [0.29, 0.717) is 24.4 Å². The Bertz CT molecular complexity index is 847. The van der Waals surface area contributed by atoms with Gasteiger partial charge in [-0.2, -0.15) is 5.10 Å². The van der Waals surface area contributed by atoms with Gasteiger partial charge in [-0.15, -0.1) is 0 Å². The lowest BCUT2D eigenvalue weighted by atomic mass is 10.2. The number of fused-ring (bicyclic) bond motifs is 1. The van der Waals surface area contributed by atoms with Crippen molar-refractivity contribution < 1.29 is 9.21 Å². The van der Waals surface area contributed by atoms with Crippen LogP contribution in [-0.2, 0) is 6.54 Å². The Balaban J connectivity index is 1.41. The second kappa shape index (κ2) is 6.09. The van der Waals surface area contributed by atoms with Crippen LogP contribution in [0.5, 0.6) is 0 Å². The zero-order valence-electron chi connectivity index (χ0n) is 13.5. The van der Waals surface area contributed by atoms with Gasteiger partial charge in [-0.25, -0.2) is 4.98 Å². The first kappa shape index (κ1) is 14.9. The molecule has 0 radical (unpaired) electrons. The fourth-order valence-electron chi connectivity index (χ4n) is 3.02. The highest BCUT2D eigenvalue weighted by Gasteiger charge is 2.24. The molecule has 4 heterocycles. The third-order valence-corrected chi connectivity index (χ3v) is 4.34. The number of hydrogen-bond acceptors (Lipinski definition) is 5. The second-order valence-electron chi connectivity index (χ2n) is 6.12. The van der Waals surface area contributed by atoms with Gasteiger partial charge in [0.15, 0.2) is 11.3 Å². The Kier molecular flexibility index (Phi) is 3.78. The molecule has 1 aliphatic rings. The molecule has 0 spiro atoms. The summed E-state index contributed by atoms with van der Waals surface area (Å²) in [7, 11) is 0. The molecule has 1 aliphatic heterocycles. The van der Waals surface area contributed by atoms with Gasteiger partial charge in [0.05, 0.1) is 6.20 Å². The number of carbonyl (C=O) groups excluding carboxylic acids is 1. The van der Waals surface area contributed by atoms with Gasteiger partial charge in [0.1, 0.15) is 5.52 Å². The molecular formula is C17H19N5O2. The Morgan fingerprint density at radius 3 is 2.88 bits per heavy atom. The summed E-state index contributed by atoms with van der Waals surface area (Å²) in [6, 6.07) is 5.48. The van der Waals surface area contributed by atoms with E-state index >= 15 is 0 Å². The Hall–Kier alpha value is -2.67. The van der Waals surface area contributed by atoms with Crippen molar-refractivity contribution >= 4 is 17.0 Å². The number of furan rings is 1. The molecule has 3 aromatic heterocycles. The SMILES string of the molecule is Cc1ccc2oc(C(=O)N3CCN(Cc4cn[nH]c4)CC3)cc2n1. The molecule has 3 aromatic rings. The van der Waals surface area contributed by atoms with Crippen LogP contribution < -0.4 is 0 Å². The van der Waals surface area contributed by atoms with Crippen LogP contribution in [0.3, 0.4) is 0 Å². The molecule has 0 atom stereocenters. The van der Waals surface area contributed by atoms with E-state index in [9.17, 15) is 4.79 Å². The quantitative estimate of drug-likeness (QED) is 0.795. The number of hydrogen-bond donors (Lipinski definition) is 1. The number of piperazine rings is 1. The van der Waals surface area contributed by atoms with Crippen molar-refractivity contribution in [3.05, 3.63) is 47.6 Å². The molecule has 1 N–H and O–H groups in total.